The van der Waals surface area contributed by atoms with Crippen LogP contribution in [0.4, 0.5) is 0 Å². The van der Waals surface area contributed by atoms with Gasteiger partial charge in [0.2, 0.25) is 0 Å². The summed E-state index contributed by atoms with van der Waals surface area (Å²) in [4.78, 5) is 0. The molecule has 0 spiro atoms. The Morgan fingerprint density at radius 2 is 1.69 bits per heavy atom. The number of ether oxygens (including phenoxy) is 2. The van der Waals surface area contributed by atoms with E-state index in [0.717, 1.165) is 22.6 Å². The molecule has 1 atom stereocenters. The minimum atomic E-state index is -3.62. The molecule has 0 saturated heterocycles. The molecule has 8 nitrogen and oxygen atoms in total. The Morgan fingerprint density at radius 1 is 0.938 bits per heavy atom. The van der Waals surface area contributed by atoms with Crippen molar-refractivity contribution in [3.63, 3.8) is 0 Å². The third-order valence-electron chi connectivity index (χ3n) is 4.68. The Labute approximate surface area is 186 Å². The molecule has 0 saturated carbocycles. The maximum Gasteiger partial charge on any atom is 0.264 e. The quantitative estimate of drug-likeness (QED) is 0.339. The first-order valence-corrected chi connectivity index (χ1v) is 11.8. The number of rotatable bonds is 10. The van der Waals surface area contributed by atoms with Gasteiger partial charge in [-0.1, -0.05) is 65.9 Å². The zero-order valence-electron chi connectivity index (χ0n) is 17.5. The number of nitrogens with zero attached hydrogens (tertiary/aromatic N) is 3. The van der Waals surface area contributed by atoms with Gasteiger partial charge in [-0.05, 0) is 22.9 Å². The monoisotopic (exact) mass is 453 g/mol. The van der Waals surface area contributed by atoms with E-state index < -0.39 is 16.2 Å². The largest absolute Gasteiger partial charge is 0.491 e. The van der Waals surface area contributed by atoms with Crippen molar-refractivity contribution in [3.8, 4) is 17.0 Å². The van der Waals surface area contributed by atoms with Crippen molar-refractivity contribution in [2.24, 2.45) is 0 Å². The van der Waals surface area contributed by atoms with Crippen LogP contribution in [-0.2, 0) is 25.8 Å². The lowest BCUT2D eigenvalue weighted by atomic mass is 10.1. The van der Waals surface area contributed by atoms with E-state index >= 15 is 0 Å². The van der Waals surface area contributed by atoms with Crippen LogP contribution in [0.1, 0.15) is 0 Å². The molecular weight excluding hydrogens is 430 g/mol. The molecule has 32 heavy (non-hydrogen) atoms. The van der Waals surface area contributed by atoms with Gasteiger partial charge >= 0.3 is 0 Å². The Kier molecular flexibility index (Phi) is 6.79. The molecule has 0 amide bonds. The first kappa shape index (κ1) is 21.9. The third-order valence-corrected chi connectivity index (χ3v) is 5.24. The fraction of sp³-hybridized carbons (Fsp3) is 0.217. The molecule has 9 heteroatoms. The van der Waals surface area contributed by atoms with Crippen LogP contribution in [-0.4, -0.2) is 49.0 Å². The van der Waals surface area contributed by atoms with E-state index in [4.69, 9.17) is 13.7 Å². The second kappa shape index (κ2) is 9.90. The number of hydrogen-bond acceptors (Lipinski definition) is 7. The minimum Gasteiger partial charge on any atom is -0.491 e. The van der Waals surface area contributed by atoms with Crippen LogP contribution in [0.3, 0.4) is 0 Å². The van der Waals surface area contributed by atoms with Crippen molar-refractivity contribution in [3.05, 3.63) is 79.0 Å². The summed E-state index contributed by atoms with van der Waals surface area (Å²) in [6.45, 7) is -0.000539. The molecule has 166 valence electrons. The van der Waals surface area contributed by atoms with Crippen LogP contribution in [0.25, 0.3) is 22.0 Å². The SMILES string of the molecule is CS(=O)(=O)OCC(COc1ccc2ccccc2c1)OCn1cc(-c2ccccc2)nn1. The summed E-state index contributed by atoms with van der Waals surface area (Å²) in [7, 11) is -3.62. The number of benzene rings is 3. The van der Waals surface area contributed by atoms with Crippen molar-refractivity contribution in [1.82, 2.24) is 15.0 Å². The number of hydrogen-bond donors (Lipinski definition) is 0. The Bertz CT molecular complexity index is 1280. The lowest BCUT2D eigenvalue weighted by Crippen LogP contribution is -2.29. The maximum absolute atomic E-state index is 11.4. The van der Waals surface area contributed by atoms with E-state index in [9.17, 15) is 8.42 Å². The van der Waals surface area contributed by atoms with Crippen LogP contribution < -0.4 is 4.74 Å². The Balaban J connectivity index is 1.40. The summed E-state index contributed by atoms with van der Waals surface area (Å²) in [5.41, 5.74) is 1.65. The molecule has 1 heterocycles. The Hall–Kier alpha value is -3.27. The highest BCUT2D eigenvalue weighted by Gasteiger charge is 2.16. The summed E-state index contributed by atoms with van der Waals surface area (Å²) in [5.74, 6) is 0.656. The normalized spacial score (nSPS) is 12.7. The van der Waals surface area contributed by atoms with Crippen LogP contribution in [0, 0.1) is 0 Å². The molecule has 0 fully saturated rings. The molecule has 0 aliphatic carbocycles. The second-order valence-corrected chi connectivity index (χ2v) is 8.88. The molecule has 0 aliphatic rings. The standard InChI is InChI=1S/C23H23N3O5S/c1-32(27,28)31-16-22(15-29-21-12-11-18-7-5-6-10-20(18)13-21)30-17-26-14-23(24-25-26)19-8-3-2-4-9-19/h2-14,22H,15-17H2,1H3. The van der Waals surface area contributed by atoms with Gasteiger partial charge in [0.15, 0.2) is 0 Å². The van der Waals surface area contributed by atoms with Crippen molar-refractivity contribution in [1.29, 1.82) is 0 Å². The number of fused-ring (bicyclic) bond motifs is 1. The fourth-order valence-corrected chi connectivity index (χ4v) is 3.47. The maximum atomic E-state index is 11.4. The van der Waals surface area contributed by atoms with Crippen LogP contribution in [0.2, 0.25) is 0 Å². The molecule has 4 aromatic rings. The van der Waals surface area contributed by atoms with Gasteiger partial charge in [0.25, 0.3) is 10.1 Å². The highest BCUT2D eigenvalue weighted by molar-refractivity contribution is 7.85. The van der Waals surface area contributed by atoms with E-state index in [1.54, 1.807) is 6.20 Å². The van der Waals surface area contributed by atoms with Crippen molar-refractivity contribution >= 4 is 20.9 Å². The average molecular weight is 454 g/mol. The first-order chi connectivity index (χ1) is 15.5. The second-order valence-electron chi connectivity index (χ2n) is 7.24. The molecular formula is C23H23N3O5S. The minimum absolute atomic E-state index is 0.0682. The summed E-state index contributed by atoms with van der Waals surface area (Å²) >= 11 is 0. The average Bonchev–Trinajstić information content (AvgIpc) is 3.27. The molecule has 1 aromatic heterocycles. The fourth-order valence-electron chi connectivity index (χ4n) is 3.07. The third kappa shape index (κ3) is 6.13. The van der Waals surface area contributed by atoms with E-state index in [-0.39, 0.29) is 19.9 Å². The summed E-state index contributed by atoms with van der Waals surface area (Å²) in [6.07, 6.45) is 2.12. The Morgan fingerprint density at radius 3 is 2.47 bits per heavy atom. The van der Waals surface area contributed by atoms with Gasteiger partial charge in [0.1, 0.15) is 30.9 Å². The van der Waals surface area contributed by atoms with E-state index in [1.165, 1.54) is 4.68 Å². The van der Waals surface area contributed by atoms with Gasteiger partial charge < -0.3 is 9.47 Å². The lowest BCUT2D eigenvalue weighted by molar-refractivity contribution is -0.0430. The predicted molar refractivity (Wildman–Crippen MR) is 121 cm³/mol. The molecule has 0 bridgehead atoms. The molecule has 4 rings (SSSR count). The van der Waals surface area contributed by atoms with Gasteiger partial charge in [-0.25, -0.2) is 4.68 Å². The first-order valence-electron chi connectivity index (χ1n) is 9.99. The van der Waals surface area contributed by atoms with Gasteiger partial charge in [-0.2, -0.15) is 8.42 Å². The molecule has 0 radical (unpaired) electrons. The van der Waals surface area contributed by atoms with E-state index in [0.29, 0.717) is 11.4 Å². The highest BCUT2D eigenvalue weighted by Crippen LogP contribution is 2.21. The van der Waals surface area contributed by atoms with Crippen molar-refractivity contribution in [2.45, 2.75) is 12.8 Å². The lowest BCUT2D eigenvalue weighted by Gasteiger charge is -2.18. The van der Waals surface area contributed by atoms with Crippen LogP contribution in [0.5, 0.6) is 5.75 Å². The zero-order chi connectivity index (χ0) is 22.4. The highest BCUT2D eigenvalue weighted by atomic mass is 32.2. The van der Waals surface area contributed by atoms with Gasteiger partial charge in [0, 0.05) is 5.56 Å². The summed E-state index contributed by atoms with van der Waals surface area (Å²) < 4.78 is 41.0. The smallest absolute Gasteiger partial charge is 0.264 e. The van der Waals surface area contributed by atoms with E-state index in [2.05, 4.69) is 10.3 Å². The van der Waals surface area contributed by atoms with Crippen molar-refractivity contribution < 1.29 is 22.1 Å². The topological polar surface area (TPSA) is 92.5 Å². The molecule has 1 unspecified atom stereocenters. The summed E-state index contributed by atoms with van der Waals surface area (Å²) in [6, 6.07) is 23.4. The molecule has 3 aromatic carbocycles. The molecule has 0 aliphatic heterocycles. The van der Waals surface area contributed by atoms with Crippen LogP contribution in [0.15, 0.2) is 79.0 Å². The van der Waals surface area contributed by atoms with Gasteiger partial charge in [-0.15, -0.1) is 5.10 Å². The zero-order valence-corrected chi connectivity index (χ0v) is 18.3. The predicted octanol–water partition coefficient (Wildman–Crippen LogP) is 3.50. The van der Waals surface area contributed by atoms with E-state index in [1.807, 2.05) is 72.8 Å². The van der Waals surface area contributed by atoms with Gasteiger partial charge in [0.05, 0.1) is 19.1 Å². The number of aromatic nitrogens is 3. The van der Waals surface area contributed by atoms with Gasteiger partial charge in [-0.3, -0.25) is 4.18 Å². The summed E-state index contributed by atoms with van der Waals surface area (Å²) in [5, 5.41) is 10.4. The van der Waals surface area contributed by atoms with Crippen LogP contribution >= 0.6 is 0 Å². The molecule has 0 N–H and O–H groups in total. The van der Waals surface area contributed by atoms with Crippen molar-refractivity contribution in [2.75, 3.05) is 19.5 Å².